The molecule has 0 spiro atoms. The molecule has 1 aromatic rings. The van der Waals surface area contributed by atoms with Crippen LogP contribution in [0.3, 0.4) is 0 Å². The van der Waals surface area contributed by atoms with E-state index in [1.807, 2.05) is 4.90 Å². The van der Waals surface area contributed by atoms with Crippen molar-refractivity contribution >= 4 is 11.6 Å². The van der Waals surface area contributed by atoms with E-state index in [4.69, 9.17) is 0 Å². The van der Waals surface area contributed by atoms with Crippen LogP contribution in [-0.2, 0) is 11.2 Å². The lowest BCUT2D eigenvalue weighted by atomic mass is 10.0. The van der Waals surface area contributed by atoms with Crippen LogP contribution in [0.1, 0.15) is 25.3 Å². The van der Waals surface area contributed by atoms with Crippen LogP contribution in [0, 0.1) is 17.7 Å². The molecule has 90 valence electrons. The maximum absolute atomic E-state index is 13.2. The van der Waals surface area contributed by atoms with E-state index in [2.05, 4.69) is 6.92 Å². The maximum Gasteiger partial charge on any atom is 0.230 e. The molecular formula is C14H16FNO. The van der Waals surface area contributed by atoms with Gasteiger partial charge in [-0.3, -0.25) is 4.79 Å². The average Bonchev–Trinajstić information content (AvgIpc) is 3.04. The Hall–Kier alpha value is -1.38. The quantitative estimate of drug-likeness (QED) is 0.730. The highest BCUT2D eigenvalue weighted by atomic mass is 19.1. The summed E-state index contributed by atoms with van der Waals surface area (Å²) in [5.74, 6) is 0.738. The van der Waals surface area contributed by atoms with Gasteiger partial charge < -0.3 is 4.90 Å². The van der Waals surface area contributed by atoms with Gasteiger partial charge in [0.15, 0.2) is 0 Å². The van der Waals surface area contributed by atoms with Crippen LogP contribution >= 0.6 is 0 Å². The van der Waals surface area contributed by atoms with Crippen molar-refractivity contribution in [3.05, 3.63) is 29.6 Å². The molecule has 17 heavy (non-hydrogen) atoms. The largest absolute Gasteiger partial charge is 0.312 e. The number of rotatable bonds is 1. The highest BCUT2D eigenvalue weighted by Gasteiger charge is 2.42. The van der Waals surface area contributed by atoms with Gasteiger partial charge in [-0.25, -0.2) is 4.39 Å². The second-order valence-corrected chi connectivity index (χ2v) is 5.19. The van der Waals surface area contributed by atoms with Gasteiger partial charge in [-0.05, 0) is 48.9 Å². The number of aryl methyl sites for hydroxylation is 1. The number of fused-ring (bicyclic) bond motifs is 1. The first kappa shape index (κ1) is 10.8. The number of hydrogen-bond donors (Lipinski definition) is 0. The van der Waals surface area contributed by atoms with Gasteiger partial charge in [0.1, 0.15) is 5.82 Å². The zero-order valence-corrected chi connectivity index (χ0v) is 9.95. The lowest BCUT2D eigenvalue weighted by molar-refractivity contribution is -0.120. The molecule has 0 saturated heterocycles. The van der Waals surface area contributed by atoms with Crippen LogP contribution in [0.2, 0.25) is 0 Å². The Labute approximate surface area is 100 Å². The van der Waals surface area contributed by atoms with Crippen molar-refractivity contribution in [1.29, 1.82) is 0 Å². The number of halogens is 1. The molecule has 3 heteroatoms. The van der Waals surface area contributed by atoms with Crippen LogP contribution in [0.15, 0.2) is 18.2 Å². The normalized spacial score (nSPS) is 26.6. The second kappa shape index (κ2) is 3.83. The van der Waals surface area contributed by atoms with E-state index in [0.717, 1.165) is 37.1 Å². The van der Waals surface area contributed by atoms with E-state index in [9.17, 15) is 9.18 Å². The molecule has 0 radical (unpaired) electrons. The molecule has 1 amide bonds. The van der Waals surface area contributed by atoms with Gasteiger partial charge in [0.25, 0.3) is 0 Å². The summed E-state index contributed by atoms with van der Waals surface area (Å²) in [5.41, 5.74) is 1.89. The number of amides is 1. The third-order valence-corrected chi connectivity index (χ3v) is 3.85. The first-order valence-electron chi connectivity index (χ1n) is 6.26. The number of hydrogen-bond acceptors (Lipinski definition) is 1. The molecule has 0 N–H and O–H groups in total. The Kier molecular flexibility index (Phi) is 2.42. The first-order chi connectivity index (χ1) is 8.16. The van der Waals surface area contributed by atoms with Gasteiger partial charge in [0.2, 0.25) is 5.91 Å². The molecule has 1 fully saturated rings. The summed E-state index contributed by atoms with van der Waals surface area (Å²) in [6, 6.07) is 4.75. The summed E-state index contributed by atoms with van der Waals surface area (Å²) in [7, 11) is 0. The average molecular weight is 233 g/mol. The zero-order chi connectivity index (χ0) is 12.0. The van der Waals surface area contributed by atoms with E-state index in [1.54, 1.807) is 12.1 Å². The molecule has 0 bridgehead atoms. The SMILES string of the molecule is CC1CC1C(=O)N1CCCc2cc(F)ccc21. The molecule has 0 aromatic heterocycles. The lowest BCUT2D eigenvalue weighted by Crippen LogP contribution is -2.36. The molecule has 2 aliphatic rings. The molecule has 1 aliphatic heterocycles. The number of carbonyl (C=O) groups is 1. The minimum absolute atomic E-state index is 0.200. The molecular weight excluding hydrogens is 217 g/mol. The van der Waals surface area contributed by atoms with Crippen LogP contribution in [0.4, 0.5) is 10.1 Å². The fourth-order valence-electron chi connectivity index (χ4n) is 2.66. The molecule has 2 nitrogen and oxygen atoms in total. The third-order valence-electron chi connectivity index (χ3n) is 3.85. The fraction of sp³-hybridized carbons (Fsp3) is 0.500. The van der Waals surface area contributed by atoms with Crippen molar-refractivity contribution in [2.75, 3.05) is 11.4 Å². The van der Waals surface area contributed by atoms with E-state index in [0.29, 0.717) is 5.92 Å². The first-order valence-corrected chi connectivity index (χ1v) is 6.26. The Bertz CT molecular complexity index is 471. The summed E-state index contributed by atoms with van der Waals surface area (Å²) in [5, 5.41) is 0. The van der Waals surface area contributed by atoms with Crippen LogP contribution in [0.25, 0.3) is 0 Å². The number of nitrogens with zero attached hydrogens (tertiary/aromatic N) is 1. The van der Waals surface area contributed by atoms with Gasteiger partial charge >= 0.3 is 0 Å². The van der Waals surface area contributed by atoms with Crippen molar-refractivity contribution in [3.8, 4) is 0 Å². The van der Waals surface area contributed by atoms with Gasteiger partial charge in [0, 0.05) is 18.2 Å². The third kappa shape index (κ3) is 1.84. The molecule has 1 aromatic carbocycles. The fourth-order valence-corrected chi connectivity index (χ4v) is 2.66. The summed E-state index contributed by atoms with van der Waals surface area (Å²) >= 11 is 0. The van der Waals surface area contributed by atoms with Crippen molar-refractivity contribution in [2.24, 2.45) is 11.8 Å². The number of carbonyl (C=O) groups excluding carboxylic acids is 1. The summed E-state index contributed by atoms with van der Waals surface area (Å²) in [6.07, 6.45) is 2.81. The van der Waals surface area contributed by atoms with Crippen molar-refractivity contribution < 1.29 is 9.18 Å². The summed E-state index contributed by atoms with van der Waals surface area (Å²) in [6.45, 7) is 2.89. The molecule has 3 rings (SSSR count). The highest BCUT2D eigenvalue weighted by molar-refractivity contribution is 5.97. The zero-order valence-electron chi connectivity index (χ0n) is 9.95. The van der Waals surface area contributed by atoms with Crippen molar-refractivity contribution in [1.82, 2.24) is 0 Å². The predicted octanol–water partition coefficient (Wildman–Crippen LogP) is 2.76. The van der Waals surface area contributed by atoms with E-state index >= 15 is 0 Å². The number of benzene rings is 1. The second-order valence-electron chi connectivity index (χ2n) is 5.19. The monoisotopic (exact) mass is 233 g/mol. The smallest absolute Gasteiger partial charge is 0.230 e. The summed E-state index contributed by atoms with van der Waals surface area (Å²) in [4.78, 5) is 14.1. The summed E-state index contributed by atoms with van der Waals surface area (Å²) < 4.78 is 13.2. The molecule has 1 saturated carbocycles. The van der Waals surface area contributed by atoms with E-state index < -0.39 is 0 Å². The maximum atomic E-state index is 13.2. The van der Waals surface area contributed by atoms with Gasteiger partial charge in [-0.2, -0.15) is 0 Å². The van der Waals surface area contributed by atoms with Crippen LogP contribution in [-0.4, -0.2) is 12.5 Å². The van der Waals surface area contributed by atoms with E-state index in [1.165, 1.54) is 6.07 Å². The van der Waals surface area contributed by atoms with Gasteiger partial charge in [0.05, 0.1) is 0 Å². The van der Waals surface area contributed by atoms with Crippen LogP contribution < -0.4 is 4.90 Å². The molecule has 1 heterocycles. The Morgan fingerprint density at radius 3 is 2.94 bits per heavy atom. The minimum Gasteiger partial charge on any atom is -0.312 e. The molecule has 2 atom stereocenters. The standard InChI is InChI=1S/C14H16FNO/c1-9-7-12(9)14(17)16-6-2-3-10-8-11(15)4-5-13(10)16/h4-5,8-9,12H,2-3,6-7H2,1H3. The Morgan fingerprint density at radius 1 is 1.47 bits per heavy atom. The topological polar surface area (TPSA) is 20.3 Å². The number of anilines is 1. The minimum atomic E-state index is -0.210. The van der Waals surface area contributed by atoms with Crippen LogP contribution in [0.5, 0.6) is 0 Å². The lowest BCUT2D eigenvalue weighted by Gasteiger charge is -2.29. The molecule has 1 aliphatic carbocycles. The van der Waals surface area contributed by atoms with Gasteiger partial charge in [-0.1, -0.05) is 6.92 Å². The predicted molar refractivity (Wildman–Crippen MR) is 64.3 cm³/mol. The Morgan fingerprint density at radius 2 is 2.24 bits per heavy atom. The highest BCUT2D eigenvalue weighted by Crippen LogP contribution is 2.41. The van der Waals surface area contributed by atoms with Crippen molar-refractivity contribution in [3.63, 3.8) is 0 Å². The molecule has 2 unspecified atom stereocenters. The van der Waals surface area contributed by atoms with Crippen molar-refractivity contribution in [2.45, 2.75) is 26.2 Å². The van der Waals surface area contributed by atoms with E-state index in [-0.39, 0.29) is 17.6 Å². The van der Waals surface area contributed by atoms with Gasteiger partial charge in [-0.15, -0.1) is 0 Å². The Balaban J connectivity index is 1.91.